The van der Waals surface area contributed by atoms with Gasteiger partial charge in [-0.2, -0.15) is 0 Å². The first-order valence-electron chi connectivity index (χ1n) is 10.3. The van der Waals surface area contributed by atoms with Gasteiger partial charge in [0.2, 0.25) is 0 Å². The van der Waals surface area contributed by atoms with Gasteiger partial charge in [-0.15, -0.1) is 0 Å². The van der Waals surface area contributed by atoms with E-state index >= 15 is 0 Å². The summed E-state index contributed by atoms with van der Waals surface area (Å²) in [5, 5.41) is 10.6. The number of para-hydroxylation sites is 1. The zero-order chi connectivity index (χ0) is 19.5. The summed E-state index contributed by atoms with van der Waals surface area (Å²) < 4.78 is 0. The molecule has 0 spiro atoms. The van der Waals surface area contributed by atoms with E-state index in [0.29, 0.717) is 0 Å². The first-order valence-corrected chi connectivity index (χ1v) is 10.3. The maximum atomic E-state index is 10.6. The zero-order valence-electron chi connectivity index (χ0n) is 17.0. The molecule has 5 heteroatoms. The minimum absolute atomic E-state index is 0.244. The number of aliphatic hydroxyl groups is 1. The van der Waals surface area contributed by atoms with Gasteiger partial charge >= 0.3 is 0 Å². The van der Waals surface area contributed by atoms with Crippen LogP contribution in [-0.4, -0.2) is 85.3 Å². The Morgan fingerprint density at radius 2 is 1.54 bits per heavy atom. The lowest BCUT2D eigenvalue weighted by molar-refractivity contribution is 0.0512. The van der Waals surface area contributed by atoms with Crippen LogP contribution in [0.5, 0.6) is 0 Å². The normalized spacial score (nSPS) is 24.5. The molecule has 0 unspecified atom stereocenters. The van der Waals surface area contributed by atoms with E-state index in [4.69, 9.17) is 0 Å². The molecular weight excluding hydrogens is 348 g/mol. The number of hydrogen-bond acceptors (Lipinski definition) is 5. The first-order chi connectivity index (χ1) is 13.6. The highest BCUT2D eigenvalue weighted by molar-refractivity contribution is 5.62. The average Bonchev–Trinajstić information content (AvgIpc) is 3.09. The number of aliphatic hydroxyl groups excluding tert-OH is 1. The van der Waals surface area contributed by atoms with Gasteiger partial charge in [-0.3, -0.25) is 9.80 Å². The molecule has 0 saturated carbocycles. The lowest BCUT2D eigenvalue weighted by atomic mass is 10.1. The maximum Gasteiger partial charge on any atom is 0.0834 e. The minimum atomic E-state index is -0.244. The van der Waals surface area contributed by atoms with Gasteiger partial charge in [0.25, 0.3) is 0 Å². The van der Waals surface area contributed by atoms with Gasteiger partial charge in [-0.25, -0.2) is 0 Å². The molecule has 2 aliphatic heterocycles. The molecule has 0 bridgehead atoms. The van der Waals surface area contributed by atoms with Gasteiger partial charge in [0.1, 0.15) is 0 Å². The van der Waals surface area contributed by atoms with Gasteiger partial charge < -0.3 is 14.9 Å². The number of hydrogen-bond donors (Lipinski definition) is 1. The van der Waals surface area contributed by atoms with E-state index < -0.39 is 0 Å². The van der Waals surface area contributed by atoms with Crippen molar-refractivity contribution in [2.45, 2.75) is 18.7 Å². The Labute approximate surface area is 168 Å². The second-order valence-corrected chi connectivity index (χ2v) is 8.23. The molecule has 2 heterocycles. The number of likely N-dealkylation sites (tertiary alicyclic amines) is 1. The van der Waals surface area contributed by atoms with Gasteiger partial charge in [-0.05, 0) is 36.9 Å². The summed E-state index contributed by atoms with van der Waals surface area (Å²) in [5.41, 5.74) is 3.68. The number of anilines is 2. The molecule has 1 N–H and O–H groups in total. The van der Waals surface area contributed by atoms with E-state index in [0.717, 1.165) is 45.8 Å². The quantitative estimate of drug-likeness (QED) is 0.860. The zero-order valence-corrected chi connectivity index (χ0v) is 17.0. The summed E-state index contributed by atoms with van der Waals surface area (Å²) in [5.74, 6) is 0. The number of benzene rings is 2. The number of piperazine rings is 1. The highest BCUT2D eigenvalue weighted by Crippen LogP contribution is 2.25. The Morgan fingerprint density at radius 3 is 2.21 bits per heavy atom. The highest BCUT2D eigenvalue weighted by atomic mass is 16.3. The second-order valence-electron chi connectivity index (χ2n) is 8.23. The predicted molar refractivity (Wildman–Crippen MR) is 115 cm³/mol. The SMILES string of the molecule is CN1CCN([C@H]2CN(Cc3ccc(N(C)c4ccccc4)cc3)C[C@@H]2O)CC1. The molecule has 2 aliphatic rings. The molecule has 0 radical (unpaired) electrons. The molecule has 2 fully saturated rings. The summed E-state index contributed by atoms with van der Waals surface area (Å²) >= 11 is 0. The topological polar surface area (TPSA) is 33.2 Å². The first kappa shape index (κ1) is 19.4. The minimum Gasteiger partial charge on any atom is -0.390 e. The van der Waals surface area contributed by atoms with Gasteiger partial charge in [0.05, 0.1) is 6.10 Å². The second kappa shape index (κ2) is 8.62. The fourth-order valence-corrected chi connectivity index (χ4v) is 4.37. The van der Waals surface area contributed by atoms with Crippen molar-refractivity contribution < 1.29 is 5.11 Å². The molecule has 4 rings (SSSR count). The molecule has 150 valence electrons. The Balaban J connectivity index is 1.34. The van der Waals surface area contributed by atoms with Crippen LogP contribution in [0.3, 0.4) is 0 Å². The molecule has 2 saturated heterocycles. The number of β-amino-alcohol motifs (C(OH)–C–C–N with tert-alkyl or cyclic N) is 1. The van der Waals surface area contributed by atoms with Gasteiger partial charge in [0, 0.05) is 70.3 Å². The number of rotatable bonds is 5. The van der Waals surface area contributed by atoms with Gasteiger partial charge in [0.15, 0.2) is 0 Å². The molecule has 2 aromatic carbocycles. The fraction of sp³-hybridized carbons (Fsp3) is 0.478. The monoisotopic (exact) mass is 380 g/mol. The van der Waals surface area contributed by atoms with Crippen molar-refractivity contribution in [1.82, 2.24) is 14.7 Å². The lowest BCUT2D eigenvalue weighted by Crippen LogP contribution is -2.52. The third-order valence-corrected chi connectivity index (χ3v) is 6.21. The standard InChI is InChI=1S/C23H32N4O/c1-24-12-14-27(15-13-24)22-17-26(18-23(22)28)16-19-8-10-21(11-9-19)25(2)20-6-4-3-5-7-20/h3-11,22-23,28H,12-18H2,1-2H3/t22-,23-/m0/s1. The average molecular weight is 381 g/mol. The van der Waals surface area contributed by atoms with Crippen molar-refractivity contribution in [3.8, 4) is 0 Å². The van der Waals surface area contributed by atoms with E-state index in [2.05, 4.69) is 82.2 Å². The van der Waals surface area contributed by atoms with Crippen molar-refractivity contribution >= 4 is 11.4 Å². The molecule has 28 heavy (non-hydrogen) atoms. The van der Waals surface area contributed by atoms with E-state index in [9.17, 15) is 5.11 Å². The highest BCUT2D eigenvalue weighted by Gasteiger charge is 2.36. The smallest absolute Gasteiger partial charge is 0.0834 e. The fourth-order valence-electron chi connectivity index (χ4n) is 4.37. The summed E-state index contributed by atoms with van der Waals surface area (Å²) in [6, 6.07) is 19.5. The Morgan fingerprint density at radius 1 is 0.893 bits per heavy atom. The Kier molecular flexibility index (Phi) is 5.97. The van der Waals surface area contributed by atoms with Crippen molar-refractivity contribution in [1.29, 1.82) is 0 Å². The maximum absolute atomic E-state index is 10.6. The van der Waals surface area contributed by atoms with Crippen LogP contribution >= 0.6 is 0 Å². The predicted octanol–water partition coefficient (Wildman–Crippen LogP) is 2.25. The number of likely N-dealkylation sites (N-methyl/N-ethyl adjacent to an activating group) is 1. The van der Waals surface area contributed by atoms with Crippen LogP contribution in [0, 0.1) is 0 Å². The third-order valence-electron chi connectivity index (χ3n) is 6.21. The van der Waals surface area contributed by atoms with Crippen molar-refractivity contribution in [3.63, 3.8) is 0 Å². The molecular formula is C23H32N4O. The van der Waals surface area contributed by atoms with Crippen LogP contribution < -0.4 is 4.90 Å². The lowest BCUT2D eigenvalue weighted by Gasteiger charge is -2.37. The molecule has 5 nitrogen and oxygen atoms in total. The van der Waals surface area contributed by atoms with E-state index in [1.807, 2.05) is 6.07 Å². The van der Waals surface area contributed by atoms with E-state index in [1.54, 1.807) is 0 Å². The van der Waals surface area contributed by atoms with Crippen LogP contribution in [0.1, 0.15) is 5.56 Å². The van der Waals surface area contributed by atoms with E-state index in [-0.39, 0.29) is 12.1 Å². The summed E-state index contributed by atoms with van der Waals surface area (Å²) in [6.45, 7) is 6.94. The van der Waals surface area contributed by atoms with E-state index in [1.165, 1.54) is 16.9 Å². The third kappa shape index (κ3) is 4.39. The van der Waals surface area contributed by atoms with Crippen molar-refractivity contribution in [3.05, 3.63) is 60.2 Å². The Hall–Kier alpha value is -1.92. The molecule has 0 amide bonds. The molecule has 0 aromatic heterocycles. The van der Waals surface area contributed by atoms with Crippen molar-refractivity contribution in [2.75, 3.05) is 58.3 Å². The Bertz CT molecular complexity index is 743. The van der Waals surface area contributed by atoms with Crippen LogP contribution in [0.4, 0.5) is 11.4 Å². The van der Waals surface area contributed by atoms with Gasteiger partial charge in [-0.1, -0.05) is 30.3 Å². The summed E-state index contributed by atoms with van der Waals surface area (Å²) in [4.78, 5) is 9.43. The van der Waals surface area contributed by atoms with Crippen LogP contribution in [-0.2, 0) is 6.54 Å². The van der Waals surface area contributed by atoms with Crippen molar-refractivity contribution in [2.24, 2.45) is 0 Å². The molecule has 2 aromatic rings. The summed E-state index contributed by atoms with van der Waals surface area (Å²) in [7, 11) is 4.27. The van der Waals surface area contributed by atoms with Crippen LogP contribution in [0.15, 0.2) is 54.6 Å². The molecule has 0 aliphatic carbocycles. The number of nitrogens with zero attached hydrogens (tertiary/aromatic N) is 4. The summed E-state index contributed by atoms with van der Waals surface area (Å²) in [6.07, 6.45) is -0.244. The molecule has 2 atom stereocenters. The van der Waals surface area contributed by atoms with Crippen LogP contribution in [0.2, 0.25) is 0 Å². The largest absolute Gasteiger partial charge is 0.390 e. The van der Waals surface area contributed by atoms with Crippen LogP contribution in [0.25, 0.3) is 0 Å².